The number of pyridine rings is 1. The third kappa shape index (κ3) is 3.55. The van der Waals surface area contributed by atoms with Gasteiger partial charge in [-0.05, 0) is 54.2 Å². The minimum Gasteiger partial charge on any atom is -0.355 e. The van der Waals surface area contributed by atoms with Gasteiger partial charge < -0.3 is 4.90 Å². The van der Waals surface area contributed by atoms with Crippen molar-refractivity contribution in [1.82, 2.24) is 14.8 Å². The first-order chi connectivity index (χ1) is 14.0. The minimum atomic E-state index is -0.243. The van der Waals surface area contributed by atoms with E-state index >= 15 is 0 Å². The lowest BCUT2D eigenvalue weighted by Gasteiger charge is -2.42. The van der Waals surface area contributed by atoms with Gasteiger partial charge in [-0.2, -0.15) is 5.10 Å². The summed E-state index contributed by atoms with van der Waals surface area (Å²) in [6.45, 7) is -0.0104. The zero-order valence-electron chi connectivity index (χ0n) is 16.5. The number of anilines is 1. The summed E-state index contributed by atoms with van der Waals surface area (Å²) in [5.41, 5.74) is 1.30. The molecule has 29 heavy (non-hydrogen) atoms. The summed E-state index contributed by atoms with van der Waals surface area (Å²) in [5.74, 6) is 0.726. The quantitative estimate of drug-likeness (QED) is 0.649. The largest absolute Gasteiger partial charge is 0.355 e. The lowest BCUT2D eigenvalue weighted by Crippen LogP contribution is -2.44. The first-order valence-corrected chi connectivity index (χ1v) is 10.2. The normalized spacial score (nSPS) is 17.3. The molecular formula is C23H24N4O2. The van der Waals surface area contributed by atoms with E-state index in [1.54, 1.807) is 18.5 Å². The number of ketones is 1. The fourth-order valence-corrected chi connectivity index (χ4v) is 4.42. The van der Waals surface area contributed by atoms with Crippen molar-refractivity contribution in [2.24, 2.45) is 5.41 Å². The molecule has 0 bridgehead atoms. The number of carbonyl (C=O) groups is 1. The van der Waals surface area contributed by atoms with Crippen molar-refractivity contribution in [2.75, 3.05) is 11.9 Å². The number of carbonyl (C=O) groups excluding carboxylic acids is 1. The van der Waals surface area contributed by atoms with E-state index in [0.29, 0.717) is 11.5 Å². The van der Waals surface area contributed by atoms with Gasteiger partial charge in [0, 0.05) is 43.4 Å². The number of benzene rings is 1. The summed E-state index contributed by atoms with van der Waals surface area (Å²) >= 11 is 0. The number of Topliss-reactive ketones (excluding diaryl/α,β-unsaturated/α-hetero) is 1. The Morgan fingerprint density at radius 2 is 2.00 bits per heavy atom. The molecule has 3 aromatic rings. The molecule has 2 aromatic heterocycles. The highest BCUT2D eigenvalue weighted by Gasteiger charge is 2.54. The molecule has 2 saturated carbocycles. The molecule has 148 valence electrons. The maximum absolute atomic E-state index is 12.6. The second-order valence-corrected chi connectivity index (χ2v) is 8.63. The van der Waals surface area contributed by atoms with E-state index < -0.39 is 0 Å². The molecule has 0 aliphatic heterocycles. The molecule has 5 rings (SSSR count). The van der Waals surface area contributed by atoms with E-state index in [4.69, 9.17) is 0 Å². The van der Waals surface area contributed by atoms with Gasteiger partial charge in [0.05, 0.1) is 0 Å². The van der Waals surface area contributed by atoms with Crippen LogP contribution >= 0.6 is 0 Å². The monoisotopic (exact) mass is 388 g/mol. The van der Waals surface area contributed by atoms with Crippen molar-refractivity contribution in [2.45, 2.75) is 44.7 Å². The molecule has 0 radical (unpaired) electrons. The van der Waals surface area contributed by atoms with E-state index in [1.165, 1.54) is 36.4 Å². The summed E-state index contributed by atoms with van der Waals surface area (Å²) in [6.07, 6.45) is 8.94. The van der Waals surface area contributed by atoms with Gasteiger partial charge in [-0.15, -0.1) is 0 Å². The smallest absolute Gasteiger partial charge is 0.267 e. The van der Waals surface area contributed by atoms with Crippen LogP contribution in [0.4, 0.5) is 5.82 Å². The van der Waals surface area contributed by atoms with Crippen LogP contribution in [0.1, 0.15) is 31.2 Å². The van der Waals surface area contributed by atoms with Crippen molar-refractivity contribution in [1.29, 1.82) is 0 Å². The zero-order chi connectivity index (χ0) is 20.0. The van der Waals surface area contributed by atoms with Crippen LogP contribution in [-0.2, 0) is 17.8 Å². The Morgan fingerprint density at radius 1 is 1.17 bits per heavy atom. The number of rotatable bonds is 6. The predicted molar refractivity (Wildman–Crippen MR) is 112 cm³/mol. The molecule has 6 heteroatoms. The van der Waals surface area contributed by atoms with Crippen LogP contribution < -0.4 is 10.5 Å². The van der Waals surface area contributed by atoms with Gasteiger partial charge in [0.15, 0.2) is 5.78 Å². The van der Waals surface area contributed by atoms with Crippen LogP contribution in [0, 0.1) is 5.41 Å². The molecule has 2 aliphatic carbocycles. The molecule has 0 unspecified atom stereocenters. The summed E-state index contributed by atoms with van der Waals surface area (Å²) in [5, 5.41) is 6.57. The lowest BCUT2D eigenvalue weighted by atomic mass is 9.76. The van der Waals surface area contributed by atoms with Crippen LogP contribution in [0.5, 0.6) is 0 Å². The van der Waals surface area contributed by atoms with Gasteiger partial charge in [0.2, 0.25) is 0 Å². The maximum Gasteiger partial charge on any atom is 0.267 e. The number of nitrogens with zero attached hydrogens (tertiary/aromatic N) is 4. The summed E-state index contributed by atoms with van der Waals surface area (Å²) in [7, 11) is 2.03. The fraction of sp³-hybridized carbons (Fsp3) is 0.391. The number of hydrogen-bond donors (Lipinski definition) is 0. The molecule has 2 fully saturated rings. The average molecular weight is 388 g/mol. The van der Waals surface area contributed by atoms with Crippen molar-refractivity contribution >= 4 is 22.4 Å². The van der Waals surface area contributed by atoms with Crippen LogP contribution in [0.3, 0.4) is 0 Å². The first-order valence-electron chi connectivity index (χ1n) is 10.2. The highest BCUT2D eigenvalue weighted by atomic mass is 16.1. The molecule has 0 atom stereocenters. The van der Waals surface area contributed by atoms with E-state index in [0.717, 1.165) is 22.2 Å². The van der Waals surface area contributed by atoms with Crippen molar-refractivity contribution in [3.05, 3.63) is 64.7 Å². The van der Waals surface area contributed by atoms with Crippen molar-refractivity contribution in [3.63, 3.8) is 0 Å². The van der Waals surface area contributed by atoms with Crippen LogP contribution in [0.15, 0.2) is 53.6 Å². The number of hydrogen-bond acceptors (Lipinski definition) is 5. The average Bonchev–Trinajstić information content (AvgIpc) is 3.49. The molecule has 1 aromatic carbocycles. The van der Waals surface area contributed by atoms with Crippen LogP contribution in [0.25, 0.3) is 10.8 Å². The molecule has 0 N–H and O–H groups in total. The van der Waals surface area contributed by atoms with E-state index in [2.05, 4.69) is 15.0 Å². The second kappa shape index (κ2) is 6.79. The molecule has 2 heterocycles. The van der Waals surface area contributed by atoms with Gasteiger partial charge in [0.25, 0.3) is 5.56 Å². The Morgan fingerprint density at radius 3 is 2.79 bits per heavy atom. The summed E-state index contributed by atoms with van der Waals surface area (Å²) < 4.78 is 1.30. The van der Waals surface area contributed by atoms with E-state index in [9.17, 15) is 9.59 Å². The van der Waals surface area contributed by atoms with Gasteiger partial charge >= 0.3 is 0 Å². The van der Waals surface area contributed by atoms with Gasteiger partial charge in [-0.1, -0.05) is 18.2 Å². The number of fused-ring (bicyclic) bond motifs is 1. The first kappa shape index (κ1) is 18.0. The third-order valence-corrected chi connectivity index (χ3v) is 6.49. The van der Waals surface area contributed by atoms with Crippen molar-refractivity contribution in [3.8, 4) is 0 Å². The molecular weight excluding hydrogens is 364 g/mol. The topological polar surface area (TPSA) is 68.1 Å². The summed E-state index contributed by atoms with van der Waals surface area (Å²) in [6, 6.07) is 11.6. The van der Waals surface area contributed by atoms with E-state index in [-0.39, 0.29) is 24.3 Å². The molecule has 1 spiro atoms. The van der Waals surface area contributed by atoms with Crippen LogP contribution in [-0.4, -0.2) is 33.6 Å². The standard InChI is InChI=1S/C23H24N4O2/c1-26(19-12-23(13-19)7-8-23)21-4-5-22(29)27(25-21)15-20(28)11-16-2-3-18-14-24-9-6-17(18)10-16/h2-6,9-10,14,19H,7-8,11-13,15H2,1H3. The highest BCUT2D eigenvalue weighted by molar-refractivity contribution is 5.85. The Balaban J connectivity index is 1.28. The second-order valence-electron chi connectivity index (χ2n) is 8.63. The Labute approximate surface area is 169 Å². The van der Waals surface area contributed by atoms with Crippen molar-refractivity contribution < 1.29 is 4.79 Å². The Bertz CT molecular complexity index is 1140. The Kier molecular flexibility index (Phi) is 4.23. The van der Waals surface area contributed by atoms with Crippen LogP contribution in [0.2, 0.25) is 0 Å². The van der Waals surface area contributed by atoms with Gasteiger partial charge in [-0.3, -0.25) is 14.6 Å². The predicted octanol–water partition coefficient (Wildman–Crippen LogP) is 2.98. The Hall–Kier alpha value is -3.02. The summed E-state index contributed by atoms with van der Waals surface area (Å²) in [4.78, 5) is 31.1. The third-order valence-electron chi connectivity index (χ3n) is 6.49. The van der Waals surface area contributed by atoms with Gasteiger partial charge in [-0.25, -0.2) is 4.68 Å². The van der Waals surface area contributed by atoms with Gasteiger partial charge in [0.1, 0.15) is 12.4 Å². The minimum absolute atomic E-state index is 0.0104. The molecule has 2 aliphatic rings. The van der Waals surface area contributed by atoms with E-state index in [1.807, 2.05) is 31.3 Å². The zero-order valence-corrected chi connectivity index (χ0v) is 16.5. The SMILES string of the molecule is CN(c1ccc(=O)n(CC(=O)Cc2ccc3cnccc3c2)n1)C1CC2(CC2)C1. The molecule has 6 nitrogen and oxygen atoms in total. The lowest BCUT2D eigenvalue weighted by molar-refractivity contribution is -0.119. The molecule has 0 saturated heterocycles. The number of aromatic nitrogens is 3. The maximum atomic E-state index is 12.6. The highest BCUT2D eigenvalue weighted by Crippen LogP contribution is 2.61. The fourth-order valence-electron chi connectivity index (χ4n) is 4.42. The molecule has 0 amide bonds.